The first kappa shape index (κ1) is 49.3. The molecule has 0 aliphatic rings. The van der Waals surface area contributed by atoms with Crippen molar-refractivity contribution in [1.82, 2.24) is 0 Å². The predicted molar refractivity (Wildman–Crippen MR) is 153 cm³/mol. The van der Waals surface area contributed by atoms with Gasteiger partial charge in [-0.25, -0.2) is 0 Å². The number of unbranched alkanes of at least 4 members (excludes halogenated alkanes) is 4. The van der Waals surface area contributed by atoms with E-state index in [1.807, 2.05) is 27.7 Å². The van der Waals surface area contributed by atoms with E-state index in [9.17, 15) is 39.6 Å². The van der Waals surface area contributed by atoms with Gasteiger partial charge in [-0.2, -0.15) is 0 Å². The standard InChI is InChI=1S/4C8H16O2.Nb/c4*1-3-5-6-7(4-2)8(9)10;/h4*7H,3-6H2,1-2H3,(H,9,10);/q;;;;+4/p-4. The van der Waals surface area contributed by atoms with Crippen molar-refractivity contribution in [1.29, 1.82) is 0 Å². The van der Waals surface area contributed by atoms with Gasteiger partial charge in [0, 0.05) is 23.9 Å². The molecule has 0 aliphatic carbocycles. The van der Waals surface area contributed by atoms with E-state index in [1.165, 1.54) is 0 Å². The summed E-state index contributed by atoms with van der Waals surface area (Å²) in [4.78, 5) is 41.3. The van der Waals surface area contributed by atoms with Gasteiger partial charge in [0.15, 0.2) is 0 Å². The van der Waals surface area contributed by atoms with Crippen LogP contribution in [-0.4, -0.2) is 23.9 Å². The van der Waals surface area contributed by atoms with Crippen LogP contribution in [0.25, 0.3) is 0 Å². The van der Waals surface area contributed by atoms with Crippen molar-refractivity contribution in [3.05, 3.63) is 0 Å². The van der Waals surface area contributed by atoms with E-state index in [4.69, 9.17) is 0 Å². The van der Waals surface area contributed by atoms with E-state index < -0.39 is 23.9 Å². The van der Waals surface area contributed by atoms with Crippen LogP contribution in [0.5, 0.6) is 0 Å². The summed E-state index contributed by atoms with van der Waals surface area (Å²) in [7, 11) is 0. The fraction of sp³-hybridized carbons (Fsp3) is 0.875. The number of carbonyl (C=O) groups excluding carboxylic acids is 4. The van der Waals surface area contributed by atoms with E-state index >= 15 is 0 Å². The normalized spacial score (nSPS) is 12.7. The number of carboxylic acid groups (broad SMARTS) is 4. The molecule has 0 N–H and O–H groups in total. The molecule has 4 atom stereocenters. The van der Waals surface area contributed by atoms with Crippen LogP contribution in [-0.2, 0) is 41.6 Å². The third-order valence-electron chi connectivity index (χ3n) is 6.93. The van der Waals surface area contributed by atoms with Gasteiger partial charge >= 0.3 is 22.4 Å². The number of hydrogen-bond acceptors (Lipinski definition) is 8. The molecular formula is C32H60NbO8. The van der Waals surface area contributed by atoms with Crippen LogP contribution in [0.2, 0.25) is 0 Å². The molecule has 0 fully saturated rings. The number of carbonyl (C=O) groups is 4. The first-order valence-electron chi connectivity index (χ1n) is 15.7. The third kappa shape index (κ3) is 34.7. The maximum absolute atomic E-state index is 10.3. The van der Waals surface area contributed by atoms with Gasteiger partial charge in [0.25, 0.3) is 0 Å². The zero-order valence-corrected chi connectivity index (χ0v) is 29.5. The molecule has 0 aromatic heterocycles. The molecule has 9 heteroatoms. The van der Waals surface area contributed by atoms with Gasteiger partial charge in [-0.05, 0) is 75.0 Å². The van der Waals surface area contributed by atoms with Crippen molar-refractivity contribution in [2.75, 3.05) is 0 Å². The summed E-state index contributed by atoms with van der Waals surface area (Å²) in [5.41, 5.74) is 0. The van der Waals surface area contributed by atoms with Crippen LogP contribution in [0.1, 0.15) is 158 Å². The fourth-order valence-corrected chi connectivity index (χ4v) is 3.76. The van der Waals surface area contributed by atoms with Crippen molar-refractivity contribution in [2.24, 2.45) is 23.7 Å². The van der Waals surface area contributed by atoms with E-state index in [1.54, 1.807) is 0 Å². The average Bonchev–Trinajstić information content (AvgIpc) is 2.91. The average molecular weight is 666 g/mol. The van der Waals surface area contributed by atoms with Gasteiger partial charge < -0.3 is 39.6 Å². The molecule has 241 valence electrons. The first-order valence-corrected chi connectivity index (χ1v) is 15.7. The van der Waals surface area contributed by atoms with Gasteiger partial charge in [-0.3, -0.25) is 0 Å². The Hall–Kier alpha value is -1.38. The van der Waals surface area contributed by atoms with Gasteiger partial charge in [0.1, 0.15) is 0 Å². The van der Waals surface area contributed by atoms with Crippen LogP contribution < -0.4 is 20.4 Å². The largest absolute Gasteiger partial charge is 4.00 e. The Morgan fingerprint density at radius 2 is 0.537 bits per heavy atom. The Bertz CT molecular complexity index is 509. The molecule has 0 amide bonds. The molecule has 0 aromatic rings. The molecule has 0 bridgehead atoms. The van der Waals surface area contributed by atoms with Crippen LogP contribution in [0.4, 0.5) is 0 Å². The van der Waals surface area contributed by atoms with E-state index in [-0.39, 0.29) is 46.1 Å². The second-order valence-corrected chi connectivity index (χ2v) is 10.3. The summed E-state index contributed by atoms with van der Waals surface area (Å²) < 4.78 is 0. The van der Waals surface area contributed by atoms with Gasteiger partial charge in [-0.15, -0.1) is 0 Å². The Morgan fingerprint density at radius 3 is 0.610 bits per heavy atom. The second-order valence-electron chi connectivity index (χ2n) is 10.3. The van der Waals surface area contributed by atoms with Crippen LogP contribution >= 0.6 is 0 Å². The monoisotopic (exact) mass is 665 g/mol. The number of hydrogen-bond donors (Lipinski definition) is 0. The van der Waals surface area contributed by atoms with Crippen LogP contribution in [0.15, 0.2) is 0 Å². The summed E-state index contributed by atoms with van der Waals surface area (Å²) in [5, 5.41) is 41.3. The maximum atomic E-state index is 10.3. The number of rotatable bonds is 20. The predicted octanol–water partition coefficient (Wildman–Crippen LogP) is 3.81. The molecule has 4 unspecified atom stereocenters. The fourth-order valence-electron chi connectivity index (χ4n) is 3.76. The minimum absolute atomic E-state index is 0. The van der Waals surface area contributed by atoms with E-state index in [0.29, 0.717) is 25.7 Å². The van der Waals surface area contributed by atoms with Crippen LogP contribution in [0.3, 0.4) is 0 Å². The SMILES string of the molecule is CCCCC(CC)C(=O)[O-].CCCCC(CC)C(=O)[O-].CCCCC(CC)C(=O)[O-].CCCCC(CC)C(=O)[O-].[Nb+4]. The minimum Gasteiger partial charge on any atom is -0.550 e. The zero-order chi connectivity index (χ0) is 31.9. The second kappa shape index (κ2) is 36.6. The summed E-state index contributed by atoms with van der Waals surface area (Å²) in [5.74, 6) is -4.46. The van der Waals surface area contributed by atoms with Gasteiger partial charge in [0.2, 0.25) is 0 Å². The molecule has 1 radical (unpaired) electrons. The third-order valence-corrected chi connectivity index (χ3v) is 6.93. The molecule has 0 saturated carbocycles. The van der Waals surface area contributed by atoms with Gasteiger partial charge in [-0.1, -0.05) is 107 Å². The molecule has 0 rings (SSSR count). The Balaban J connectivity index is -0.000000139. The number of aliphatic carboxylic acids is 4. The van der Waals surface area contributed by atoms with Gasteiger partial charge in [0.05, 0.1) is 0 Å². The summed E-state index contributed by atoms with van der Waals surface area (Å²) >= 11 is 0. The zero-order valence-electron chi connectivity index (χ0n) is 27.3. The maximum Gasteiger partial charge on any atom is 4.00 e. The van der Waals surface area contributed by atoms with Crippen molar-refractivity contribution >= 4 is 23.9 Å². The summed E-state index contributed by atoms with van der Waals surface area (Å²) in [6.07, 6.45) is 14.1. The van der Waals surface area contributed by atoms with Crippen LogP contribution in [0, 0.1) is 23.7 Å². The molecular weight excluding hydrogens is 605 g/mol. The Morgan fingerprint density at radius 1 is 0.390 bits per heavy atom. The Labute approximate surface area is 267 Å². The number of carboxylic acids is 4. The van der Waals surface area contributed by atoms with Crippen molar-refractivity contribution in [3.63, 3.8) is 0 Å². The first-order chi connectivity index (χ1) is 18.9. The summed E-state index contributed by atoms with van der Waals surface area (Å²) in [6.45, 7) is 15.8. The molecule has 0 aromatic carbocycles. The van der Waals surface area contributed by atoms with Crippen molar-refractivity contribution in [3.8, 4) is 0 Å². The summed E-state index contributed by atoms with van der Waals surface area (Å²) in [6, 6.07) is 0. The minimum atomic E-state index is -0.893. The molecule has 41 heavy (non-hydrogen) atoms. The quantitative estimate of drug-likeness (QED) is 0.178. The molecule has 0 aliphatic heterocycles. The topological polar surface area (TPSA) is 161 Å². The molecule has 0 heterocycles. The van der Waals surface area contributed by atoms with Crippen molar-refractivity contribution < 1.29 is 62.0 Å². The smallest absolute Gasteiger partial charge is 0.550 e. The Kier molecular flexibility index (Phi) is 44.1. The molecule has 8 nitrogen and oxygen atoms in total. The van der Waals surface area contributed by atoms with E-state index in [0.717, 1.165) is 77.0 Å². The van der Waals surface area contributed by atoms with Crippen molar-refractivity contribution in [2.45, 2.75) is 158 Å². The molecule has 0 saturated heterocycles. The van der Waals surface area contributed by atoms with E-state index in [2.05, 4.69) is 27.7 Å². The molecule has 0 spiro atoms.